The van der Waals surface area contributed by atoms with Gasteiger partial charge in [0.05, 0.1) is 12.8 Å². The van der Waals surface area contributed by atoms with Gasteiger partial charge in [-0.1, -0.05) is 29.8 Å². The maximum atomic E-state index is 12.1. The summed E-state index contributed by atoms with van der Waals surface area (Å²) in [7, 11) is 3.44. The van der Waals surface area contributed by atoms with Crippen LogP contribution in [0.4, 0.5) is 5.69 Å². The van der Waals surface area contributed by atoms with Crippen molar-refractivity contribution >= 4 is 29.2 Å². The summed E-state index contributed by atoms with van der Waals surface area (Å²) >= 11 is 6.18. The first-order valence-electron chi connectivity index (χ1n) is 10.5. The number of hydrogen-bond donors (Lipinski definition) is 3. The average molecular weight is 444 g/mol. The van der Waals surface area contributed by atoms with Crippen molar-refractivity contribution in [3.8, 4) is 5.75 Å². The quantitative estimate of drug-likeness (QED) is 0.332. The molecule has 0 spiro atoms. The molecule has 0 aliphatic carbocycles. The van der Waals surface area contributed by atoms with Crippen LogP contribution in [0.15, 0.2) is 53.5 Å². The summed E-state index contributed by atoms with van der Waals surface area (Å²) in [5, 5.41) is 10.4. The highest BCUT2D eigenvalue weighted by atomic mass is 35.5. The molecule has 1 unspecified atom stereocenters. The zero-order chi connectivity index (χ0) is 22.1. The number of halogens is 1. The second-order valence-electron chi connectivity index (χ2n) is 7.37. The number of ether oxygens (including phenoxy) is 1. The zero-order valence-electron chi connectivity index (χ0n) is 18.0. The van der Waals surface area contributed by atoms with Crippen molar-refractivity contribution in [3.05, 3.63) is 59.1 Å². The summed E-state index contributed by atoms with van der Waals surface area (Å²) < 4.78 is 5.48. The molecular weight excluding hydrogens is 414 g/mol. The number of methoxy groups -OCH3 is 1. The largest absolute Gasteiger partial charge is 0.495 e. The number of anilines is 1. The number of carbonyl (C=O) groups excluding carboxylic acids is 1. The number of nitrogens with one attached hydrogen (secondary N) is 3. The number of nitrogens with zero attached hydrogens (tertiary/aromatic N) is 2. The number of amides is 1. The van der Waals surface area contributed by atoms with E-state index in [2.05, 4.69) is 25.8 Å². The lowest BCUT2D eigenvalue weighted by Crippen LogP contribution is -2.45. The summed E-state index contributed by atoms with van der Waals surface area (Å²) in [5.41, 5.74) is 1.69. The molecule has 1 aliphatic heterocycles. The number of hydrogen-bond acceptors (Lipinski definition) is 4. The molecule has 2 aromatic rings. The van der Waals surface area contributed by atoms with E-state index in [1.807, 2.05) is 48.5 Å². The minimum atomic E-state index is -0.0504. The number of benzene rings is 2. The fourth-order valence-corrected chi connectivity index (χ4v) is 3.75. The molecule has 1 heterocycles. The van der Waals surface area contributed by atoms with Gasteiger partial charge in [-0.2, -0.15) is 0 Å². The van der Waals surface area contributed by atoms with Gasteiger partial charge in [-0.25, -0.2) is 0 Å². The molecule has 1 amide bonds. The second-order valence-corrected chi connectivity index (χ2v) is 7.80. The Morgan fingerprint density at radius 1 is 1.19 bits per heavy atom. The molecule has 7 nitrogen and oxygen atoms in total. The predicted molar refractivity (Wildman–Crippen MR) is 127 cm³/mol. The number of aliphatic imine (C=N–C) groups is 1. The fourth-order valence-electron chi connectivity index (χ4n) is 3.58. The zero-order valence-corrected chi connectivity index (χ0v) is 18.8. The van der Waals surface area contributed by atoms with E-state index in [4.69, 9.17) is 16.3 Å². The smallest absolute Gasteiger partial charge is 0.251 e. The molecule has 2 aromatic carbocycles. The van der Waals surface area contributed by atoms with Crippen LogP contribution in [0.1, 0.15) is 23.2 Å². The van der Waals surface area contributed by atoms with E-state index in [1.54, 1.807) is 14.2 Å². The van der Waals surface area contributed by atoms with Gasteiger partial charge in [0, 0.05) is 49.9 Å². The minimum Gasteiger partial charge on any atom is -0.495 e. The first-order valence-corrected chi connectivity index (χ1v) is 10.9. The van der Waals surface area contributed by atoms with E-state index in [-0.39, 0.29) is 11.9 Å². The van der Waals surface area contributed by atoms with Crippen LogP contribution in [0.5, 0.6) is 5.75 Å². The molecule has 3 N–H and O–H groups in total. The van der Waals surface area contributed by atoms with Gasteiger partial charge in [0.15, 0.2) is 5.96 Å². The molecule has 0 radical (unpaired) electrons. The highest BCUT2D eigenvalue weighted by molar-refractivity contribution is 6.30. The van der Waals surface area contributed by atoms with Gasteiger partial charge < -0.3 is 25.6 Å². The number of rotatable bonds is 8. The first-order chi connectivity index (χ1) is 15.1. The normalized spacial score (nSPS) is 16.2. The Labute approximate surface area is 188 Å². The van der Waals surface area contributed by atoms with Crippen LogP contribution in [-0.4, -0.2) is 58.2 Å². The Hall–Kier alpha value is -2.93. The van der Waals surface area contributed by atoms with E-state index >= 15 is 0 Å². The van der Waals surface area contributed by atoms with E-state index in [0.717, 1.165) is 43.3 Å². The molecule has 0 aromatic heterocycles. The maximum absolute atomic E-state index is 12.1. The lowest BCUT2D eigenvalue weighted by molar-refractivity contribution is 0.0953. The third-order valence-electron chi connectivity index (χ3n) is 5.20. The van der Waals surface area contributed by atoms with Crippen molar-refractivity contribution in [1.29, 1.82) is 0 Å². The molecule has 3 rings (SSSR count). The second kappa shape index (κ2) is 11.5. The Morgan fingerprint density at radius 3 is 2.71 bits per heavy atom. The van der Waals surface area contributed by atoms with Gasteiger partial charge in [-0.3, -0.25) is 9.79 Å². The predicted octanol–water partition coefficient (Wildman–Crippen LogP) is 2.91. The van der Waals surface area contributed by atoms with Crippen molar-refractivity contribution in [2.45, 2.75) is 18.9 Å². The molecule has 1 saturated heterocycles. The van der Waals surface area contributed by atoms with Crippen molar-refractivity contribution < 1.29 is 9.53 Å². The van der Waals surface area contributed by atoms with Gasteiger partial charge >= 0.3 is 0 Å². The first kappa shape index (κ1) is 22.7. The van der Waals surface area contributed by atoms with E-state index < -0.39 is 0 Å². The molecule has 0 bridgehead atoms. The van der Waals surface area contributed by atoms with Crippen molar-refractivity contribution in [2.75, 3.05) is 45.2 Å². The van der Waals surface area contributed by atoms with Gasteiger partial charge in [0.2, 0.25) is 0 Å². The SMILES string of the molecule is CN=C(NCCCNC(=O)c1ccccc1)NC1CCN(c2cc(Cl)ccc2OC)C1. The van der Waals surface area contributed by atoms with Crippen molar-refractivity contribution in [2.24, 2.45) is 4.99 Å². The van der Waals surface area contributed by atoms with Crippen LogP contribution in [0.2, 0.25) is 5.02 Å². The topological polar surface area (TPSA) is 78.0 Å². The monoisotopic (exact) mass is 443 g/mol. The van der Waals surface area contributed by atoms with Crippen molar-refractivity contribution in [1.82, 2.24) is 16.0 Å². The van der Waals surface area contributed by atoms with E-state index in [9.17, 15) is 4.79 Å². The van der Waals surface area contributed by atoms with Crippen LogP contribution in [0, 0.1) is 0 Å². The van der Waals surface area contributed by atoms with Gasteiger partial charge in [0.1, 0.15) is 5.75 Å². The van der Waals surface area contributed by atoms with Gasteiger partial charge in [0.25, 0.3) is 5.91 Å². The lowest BCUT2D eigenvalue weighted by Gasteiger charge is -2.22. The third-order valence-corrected chi connectivity index (χ3v) is 5.44. The Balaban J connectivity index is 1.40. The minimum absolute atomic E-state index is 0.0504. The summed E-state index contributed by atoms with van der Waals surface area (Å²) in [6.45, 7) is 3.07. The Morgan fingerprint density at radius 2 is 1.97 bits per heavy atom. The van der Waals surface area contributed by atoms with Crippen LogP contribution in [0.25, 0.3) is 0 Å². The summed E-state index contributed by atoms with van der Waals surface area (Å²) in [6.07, 6.45) is 1.79. The number of guanidine groups is 1. The van der Waals surface area contributed by atoms with Crippen molar-refractivity contribution in [3.63, 3.8) is 0 Å². The molecule has 166 valence electrons. The molecular formula is C23H30ClN5O2. The maximum Gasteiger partial charge on any atom is 0.251 e. The van der Waals surface area contributed by atoms with E-state index in [0.29, 0.717) is 23.7 Å². The summed E-state index contributed by atoms with van der Waals surface area (Å²) in [5.74, 6) is 1.54. The van der Waals surface area contributed by atoms with Crippen LogP contribution >= 0.6 is 11.6 Å². The molecule has 1 aliphatic rings. The standard InChI is InChI=1S/C23H30ClN5O2/c1-25-23(27-13-6-12-26-22(30)17-7-4-3-5-8-17)28-19-11-14-29(16-19)20-15-18(24)9-10-21(20)31-2/h3-5,7-10,15,19H,6,11-14,16H2,1-2H3,(H,26,30)(H2,25,27,28). The molecule has 1 atom stereocenters. The fraction of sp³-hybridized carbons (Fsp3) is 0.391. The summed E-state index contributed by atoms with van der Waals surface area (Å²) in [4.78, 5) is 18.6. The lowest BCUT2D eigenvalue weighted by atomic mass is 10.2. The highest BCUT2D eigenvalue weighted by Gasteiger charge is 2.25. The molecule has 1 fully saturated rings. The van der Waals surface area contributed by atoms with Gasteiger partial charge in [-0.15, -0.1) is 0 Å². The third kappa shape index (κ3) is 6.52. The van der Waals surface area contributed by atoms with E-state index in [1.165, 1.54) is 0 Å². The Kier molecular flexibility index (Phi) is 8.41. The molecule has 8 heteroatoms. The average Bonchev–Trinajstić information content (AvgIpc) is 3.26. The highest BCUT2D eigenvalue weighted by Crippen LogP contribution is 2.33. The summed E-state index contributed by atoms with van der Waals surface area (Å²) in [6, 6.07) is 15.2. The van der Waals surface area contributed by atoms with Gasteiger partial charge in [-0.05, 0) is 43.2 Å². The Bertz CT molecular complexity index is 891. The molecule has 31 heavy (non-hydrogen) atoms. The number of carbonyl (C=O) groups is 1. The molecule has 0 saturated carbocycles. The van der Waals surface area contributed by atoms with Crippen LogP contribution in [-0.2, 0) is 0 Å². The van der Waals surface area contributed by atoms with Crippen LogP contribution in [0.3, 0.4) is 0 Å². The van der Waals surface area contributed by atoms with Crippen LogP contribution < -0.4 is 25.6 Å².